The van der Waals surface area contributed by atoms with E-state index in [1.807, 2.05) is 4.90 Å². The lowest BCUT2D eigenvalue weighted by atomic mass is 9.90. The zero-order valence-corrected chi connectivity index (χ0v) is 17.6. The number of halogens is 2. The number of carbonyl (C=O) groups excluding carboxylic acids is 1. The Morgan fingerprint density at radius 3 is 2.65 bits per heavy atom. The highest BCUT2D eigenvalue weighted by Gasteiger charge is 2.35. The van der Waals surface area contributed by atoms with E-state index in [4.69, 9.17) is 26.8 Å². The summed E-state index contributed by atoms with van der Waals surface area (Å²) < 4.78 is 11.2. The van der Waals surface area contributed by atoms with Gasteiger partial charge in [-0.05, 0) is 42.9 Å². The topological polar surface area (TPSA) is 64.8 Å². The molecule has 0 bridgehead atoms. The van der Waals surface area contributed by atoms with Gasteiger partial charge in [-0.1, -0.05) is 32.4 Å². The Morgan fingerprint density at radius 1 is 1.42 bits per heavy atom. The van der Waals surface area contributed by atoms with Gasteiger partial charge in [-0.15, -0.1) is 12.4 Å². The molecule has 1 unspecified atom stereocenters. The molecule has 2 rings (SSSR count). The van der Waals surface area contributed by atoms with Gasteiger partial charge in [0.05, 0.1) is 18.7 Å². The number of nitrogens with two attached hydrogens (primary N) is 1. The van der Waals surface area contributed by atoms with Crippen LogP contribution in [0.5, 0.6) is 11.5 Å². The number of amides is 1. The van der Waals surface area contributed by atoms with Crippen LogP contribution in [0.4, 0.5) is 0 Å². The Kier molecular flexibility index (Phi) is 8.51. The fraction of sp³-hybridized carbons (Fsp3) is 0.632. The van der Waals surface area contributed by atoms with Gasteiger partial charge in [0.15, 0.2) is 11.5 Å². The van der Waals surface area contributed by atoms with E-state index in [1.54, 1.807) is 19.2 Å². The van der Waals surface area contributed by atoms with Gasteiger partial charge in [-0.25, -0.2) is 0 Å². The van der Waals surface area contributed by atoms with Gasteiger partial charge in [-0.3, -0.25) is 4.79 Å². The van der Waals surface area contributed by atoms with E-state index >= 15 is 0 Å². The van der Waals surface area contributed by atoms with Gasteiger partial charge in [0.1, 0.15) is 0 Å². The van der Waals surface area contributed by atoms with Crippen molar-refractivity contribution in [2.24, 2.45) is 17.1 Å². The number of hydrogen-bond acceptors (Lipinski definition) is 4. The summed E-state index contributed by atoms with van der Waals surface area (Å²) in [5, 5.41) is 0.396. The maximum Gasteiger partial charge on any atom is 0.254 e. The van der Waals surface area contributed by atoms with E-state index in [0.717, 1.165) is 12.8 Å². The summed E-state index contributed by atoms with van der Waals surface area (Å²) >= 11 is 6.37. The minimum absolute atomic E-state index is 0. The maximum atomic E-state index is 12.8. The first-order valence-corrected chi connectivity index (χ1v) is 9.17. The summed E-state index contributed by atoms with van der Waals surface area (Å²) in [6.45, 7) is 8.88. The molecule has 1 atom stereocenters. The van der Waals surface area contributed by atoms with Crippen molar-refractivity contribution in [1.82, 2.24) is 4.90 Å². The SMILES string of the molecule is COc1cc(C(=O)N2CCC(C)(CN)C2)cc(Cl)c1OCCC(C)C.Cl. The molecule has 7 heteroatoms. The van der Waals surface area contributed by atoms with Crippen molar-refractivity contribution < 1.29 is 14.3 Å². The fourth-order valence-corrected chi connectivity index (χ4v) is 3.19. The molecule has 1 fully saturated rings. The third kappa shape index (κ3) is 5.41. The number of likely N-dealkylation sites (tertiary alicyclic amines) is 1. The smallest absolute Gasteiger partial charge is 0.254 e. The molecule has 148 valence electrons. The molecule has 1 aliphatic rings. The van der Waals surface area contributed by atoms with Gasteiger partial charge in [0.2, 0.25) is 0 Å². The first kappa shape index (κ1) is 22.9. The number of benzene rings is 1. The molecular formula is C19H30Cl2N2O3. The molecule has 1 aromatic rings. The summed E-state index contributed by atoms with van der Waals surface area (Å²) in [5.41, 5.74) is 6.33. The molecule has 26 heavy (non-hydrogen) atoms. The quantitative estimate of drug-likeness (QED) is 0.745. The summed E-state index contributed by atoms with van der Waals surface area (Å²) in [5.74, 6) is 1.47. The van der Waals surface area contributed by atoms with Crippen molar-refractivity contribution in [2.45, 2.75) is 33.6 Å². The molecule has 2 N–H and O–H groups in total. The molecule has 0 aromatic heterocycles. The number of carbonyl (C=O) groups is 1. The molecule has 0 radical (unpaired) electrons. The first-order valence-electron chi connectivity index (χ1n) is 8.79. The summed E-state index contributed by atoms with van der Waals surface area (Å²) in [6, 6.07) is 3.37. The Morgan fingerprint density at radius 2 is 2.12 bits per heavy atom. The Balaban J connectivity index is 0.00000338. The standard InChI is InChI=1S/C19H29ClN2O3.ClH/c1-13(2)5-8-25-17-15(20)9-14(10-16(17)24-4)18(23)22-7-6-19(3,11-21)12-22;/h9-10,13H,5-8,11-12,21H2,1-4H3;1H. The van der Waals surface area contributed by atoms with Crippen LogP contribution in [0.3, 0.4) is 0 Å². The molecule has 0 aliphatic carbocycles. The predicted molar refractivity (Wildman–Crippen MR) is 108 cm³/mol. The zero-order chi connectivity index (χ0) is 18.6. The normalized spacial score (nSPS) is 19.4. The summed E-state index contributed by atoms with van der Waals surface area (Å²) in [6.07, 6.45) is 1.84. The van der Waals surface area contributed by atoms with Crippen molar-refractivity contribution >= 4 is 29.9 Å². The van der Waals surface area contributed by atoms with Gasteiger partial charge in [0.25, 0.3) is 5.91 Å². The van der Waals surface area contributed by atoms with Crippen LogP contribution < -0.4 is 15.2 Å². The average Bonchev–Trinajstić information content (AvgIpc) is 2.98. The van der Waals surface area contributed by atoms with Gasteiger partial charge in [-0.2, -0.15) is 0 Å². The number of ether oxygens (including phenoxy) is 2. The molecule has 1 heterocycles. The summed E-state index contributed by atoms with van der Waals surface area (Å²) in [7, 11) is 1.55. The van der Waals surface area contributed by atoms with E-state index in [9.17, 15) is 4.79 Å². The molecule has 0 saturated carbocycles. The van der Waals surface area contributed by atoms with Crippen molar-refractivity contribution in [2.75, 3.05) is 33.4 Å². The van der Waals surface area contributed by atoms with Crippen LogP contribution in [-0.2, 0) is 0 Å². The van der Waals surface area contributed by atoms with Crippen LogP contribution >= 0.6 is 24.0 Å². The van der Waals surface area contributed by atoms with Gasteiger partial charge < -0.3 is 20.1 Å². The third-order valence-corrected chi connectivity index (χ3v) is 5.04. The lowest BCUT2D eigenvalue weighted by Crippen LogP contribution is -2.34. The Bertz CT molecular complexity index is 625. The second-order valence-corrected chi connectivity index (χ2v) is 7.92. The average molecular weight is 405 g/mol. The second-order valence-electron chi connectivity index (χ2n) is 7.51. The van der Waals surface area contributed by atoms with E-state index in [-0.39, 0.29) is 23.7 Å². The zero-order valence-electron chi connectivity index (χ0n) is 16.0. The van der Waals surface area contributed by atoms with E-state index in [2.05, 4.69) is 20.8 Å². The molecule has 1 amide bonds. The number of hydrogen-bond donors (Lipinski definition) is 1. The van der Waals surface area contributed by atoms with E-state index < -0.39 is 0 Å². The third-order valence-electron chi connectivity index (χ3n) is 4.76. The Hall–Kier alpha value is -1.17. The van der Waals surface area contributed by atoms with Crippen LogP contribution in [0.15, 0.2) is 12.1 Å². The first-order chi connectivity index (χ1) is 11.8. The lowest BCUT2D eigenvalue weighted by Gasteiger charge is -2.23. The van der Waals surface area contributed by atoms with Crippen molar-refractivity contribution in [3.63, 3.8) is 0 Å². The second kappa shape index (κ2) is 9.67. The highest BCUT2D eigenvalue weighted by atomic mass is 35.5. The van der Waals surface area contributed by atoms with Crippen molar-refractivity contribution in [3.8, 4) is 11.5 Å². The Labute approximate surface area is 167 Å². The molecule has 1 aromatic carbocycles. The molecular weight excluding hydrogens is 375 g/mol. The molecule has 1 saturated heterocycles. The highest BCUT2D eigenvalue weighted by Crippen LogP contribution is 2.38. The van der Waals surface area contributed by atoms with E-state index in [1.165, 1.54) is 0 Å². The molecule has 5 nitrogen and oxygen atoms in total. The summed E-state index contributed by atoms with van der Waals surface area (Å²) in [4.78, 5) is 14.6. The minimum atomic E-state index is -0.0499. The van der Waals surface area contributed by atoms with Crippen molar-refractivity contribution in [1.29, 1.82) is 0 Å². The van der Waals surface area contributed by atoms with Crippen LogP contribution in [0.2, 0.25) is 5.02 Å². The molecule has 0 spiro atoms. The van der Waals surface area contributed by atoms with E-state index in [0.29, 0.717) is 54.2 Å². The number of rotatable bonds is 7. The predicted octanol–water partition coefficient (Wildman–Crippen LogP) is 4.01. The number of nitrogens with zero attached hydrogens (tertiary/aromatic N) is 1. The number of methoxy groups -OCH3 is 1. The largest absolute Gasteiger partial charge is 0.493 e. The van der Waals surface area contributed by atoms with Crippen LogP contribution in [-0.4, -0.2) is 44.2 Å². The van der Waals surface area contributed by atoms with Crippen LogP contribution in [0.25, 0.3) is 0 Å². The highest BCUT2D eigenvalue weighted by molar-refractivity contribution is 6.32. The maximum absolute atomic E-state index is 12.8. The van der Waals surface area contributed by atoms with Crippen molar-refractivity contribution in [3.05, 3.63) is 22.7 Å². The fourth-order valence-electron chi connectivity index (χ4n) is 2.93. The van der Waals surface area contributed by atoms with Gasteiger partial charge in [0, 0.05) is 18.7 Å². The minimum Gasteiger partial charge on any atom is -0.493 e. The lowest BCUT2D eigenvalue weighted by molar-refractivity contribution is 0.0776. The van der Waals surface area contributed by atoms with Gasteiger partial charge >= 0.3 is 0 Å². The molecule has 1 aliphatic heterocycles. The van der Waals surface area contributed by atoms with Crippen LogP contribution in [0.1, 0.15) is 44.0 Å². The monoisotopic (exact) mass is 404 g/mol. The van der Waals surface area contributed by atoms with Crippen LogP contribution in [0, 0.1) is 11.3 Å².